The highest BCUT2D eigenvalue weighted by Crippen LogP contribution is 2.17. The average Bonchev–Trinajstić information content (AvgIpc) is 2.33. The van der Waals surface area contributed by atoms with Crippen molar-refractivity contribution in [3.05, 3.63) is 45.9 Å². The Balaban J connectivity index is 2.65. The van der Waals surface area contributed by atoms with Crippen LogP contribution in [0.25, 0.3) is 10.8 Å². The van der Waals surface area contributed by atoms with Crippen LogP contribution >= 0.6 is 0 Å². The molecule has 3 heteroatoms. The second kappa shape index (κ2) is 4.72. The molecule has 90 valence electrons. The van der Waals surface area contributed by atoms with Gasteiger partial charge < -0.3 is 9.67 Å². The highest BCUT2D eigenvalue weighted by atomic mass is 16.3. The Kier molecular flexibility index (Phi) is 3.29. The van der Waals surface area contributed by atoms with E-state index >= 15 is 0 Å². The minimum absolute atomic E-state index is 0.0390. The van der Waals surface area contributed by atoms with Crippen LogP contribution in [0.4, 0.5) is 0 Å². The van der Waals surface area contributed by atoms with E-state index in [2.05, 4.69) is 0 Å². The van der Waals surface area contributed by atoms with Crippen molar-refractivity contribution >= 4 is 10.8 Å². The number of fused-ring (bicyclic) bond motifs is 1. The molecule has 0 aliphatic carbocycles. The Labute approximate surface area is 100 Å². The van der Waals surface area contributed by atoms with Gasteiger partial charge in [0, 0.05) is 19.3 Å². The van der Waals surface area contributed by atoms with E-state index in [1.54, 1.807) is 10.8 Å². The number of aliphatic hydroxyl groups is 1. The molecule has 0 radical (unpaired) electrons. The predicted octanol–water partition coefficient (Wildman–Crippen LogP) is 2.00. The van der Waals surface area contributed by atoms with Gasteiger partial charge in [-0.25, -0.2) is 0 Å². The first kappa shape index (κ1) is 11.9. The van der Waals surface area contributed by atoms with Gasteiger partial charge in [-0.05, 0) is 42.8 Å². The fourth-order valence-electron chi connectivity index (χ4n) is 2.06. The maximum atomic E-state index is 12.3. The Morgan fingerprint density at radius 3 is 2.71 bits per heavy atom. The zero-order valence-electron chi connectivity index (χ0n) is 10.2. The van der Waals surface area contributed by atoms with E-state index in [1.165, 1.54) is 0 Å². The molecular formula is C14H17NO2. The van der Waals surface area contributed by atoms with Gasteiger partial charge in [0.2, 0.25) is 0 Å². The Bertz CT molecular complexity index is 599. The third-order valence-electron chi connectivity index (χ3n) is 3.23. The van der Waals surface area contributed by atoms with Gasteiger partial charge in [-0.15, -0.1) is 0 Å². The minimum atomic E-state index is 0.0390. The van der Waals surface area contributed by atoms with Crippen LogP contribution in [0.1, 0.15) is 17.5 Å². The van der Waals surface area contributed by atoms with Gasteiger partial charge in [0.1, 0.15) is 0 Å². The second-order valence-electron chi connectivity index (χ2n) is 4.36. The normalized spacial score (nSPS) is 11.0. The number of rotatable bonds is 3. The van der Waals surface area contributed by atoms with Crippen LogP contribution in [0.5, 0.6) is 0 Å². The molecule has 2 rings (SSSR count). The Morgan fingerprint density at radius 1 is 1.24 bits per heavy atom. The van der Waals surface area contributed by atoms with Crippen molar-refractivity contribution in [2.45, 2.75) is 26.8 Å². The van der Waals surface area contributed by atoms with Crippen LogP contribution in [-0.2, 0) is 6.54 Å². The second-order valence-corrected chi connectivity index (χ2v) is 4.36. The number of pyridine rings is 1. The highest BCUT2D eigenvalue weighted by molar-refractivity contribution is 5.85. The smallest absolute Gasteiger partial charge is 0.258 e. The van der Waals surface area contributed by atoms with Crippen molar-refractivity contribution in [3.63, 3.8) is 0 Å². The number of aromatic nitrogens is 1. The molecule has 1 N–H and O–H groups in total. The van der Waals surface area contributed by atoms with Crippen LogP contribution in [0.2, 0.25) is 0 Å². The molecule has 0 saturated heterocycles. The van der Waals surface area contributed by atoms with Crippen LogP contribution in [0, 0.1) is 13.8 Å². The van der Waals surface area contributed by atoms with Crippen molar-refractivity contribution in [1.82, 2.24) is 4.57 Å². The van der Waals surface area contributed by atoms with Crippen molar-refractivity contribution in [2.24, 2.45) is 0 Å². The first-order valence-corrected chi connectivity index (χ1v) is 5.85. The lowest BCUT2D eigenvalue weighted by Crippen LogP contribution is -2.20. The third kappa shape index (κ3) is 2.11. The molecule has 0 spiro atoms. The standard InChI is InChI=1S/C14H17NO2/c1-10-4-5-12-6-8-15(7-3-9-16)14(17)13(12)11(10)2/h4-6,8,16H,3,7,9H2,1-2H3. The summed E-state index contributed by atoms with van der Waals surface area (Å²) in [4.78, 5) is 12.3. The quantitative estimate of drug-likeness (QED) is 0.878. The van der Waals surface area contributed by atoms with E-state index in [4.69, 9.17) is 5.11 Å². The number of benzene rings is 1. The maximum Gasteiger partial charge on any atom is 0.258 e. The fraction of sp³-hybridized carbons (Fsp3) is 0.357. The zero-order valence-corrected chi connectivity index (χ0v) is 10.2. The number of nitrogens with zero attached hydrogens (tertiary/aromatic N) is 1. The molecule has 0 fully saturated rings. The number of aryl methyl sites for hydroxylation is 3. The summed E-state index contributed by atoms with van der Waals surface area (Å²) in [6, 6.07) is 5.98. The lowest BCUT2D eigenvalue weighted by Gasteiger charge is -2.09. The predicted molar refractivity (Wildman–Crippen MR) is 69.4 cm³/mol. The summed E-state index contributed by atoms with van der Waals surface area (Å²) in [5, 5.41) is 10.6. The number of hydrogen-bond acceptors (Lipinski definition) is 2. The zero-order chi connectivity index (χ0) is 12.4. The van der Waals surface area contributed by atoms with Gasteiger partial charge in [0.25, 0.3) is 5.56 Å². The number of hydrogen-bond donors (Lipinski definition) is 1. The van der Waals surface area contributed by atoms with Gasteiger partial charge in [-0.1, -0.05) is 12.1 Å². The average molecular weight is 231 g/mol. The van der Waals surface area contributed by atoms with Crippen LogP contribution in [-0.4, -0.2) is 16.3 Å². The Hall–Kier alpha value is -1.61. The van der Waals surface area contributed by atoms with Crippen LogP contribution in [0.15, 0.2) is 29.2 Å². The first-order chi connectivity index (χ1) is 8.15. The molecule has 3 nitrogen and oxygen atoms in total. The summed E-state index contributed by atoms with van der Waals surface area (Å²) in [5.74, 6) is 0. The summed E-state index contributed by atoms with van der Waals surface area (Å²) in [5.41, 5.74) is 2.22. The molecule has 17 heavy (non-hydrogen) atoms. The van der Waals surface area contributed by atoms with Gasteiger partial charge in [0.15, 0.2) is 0 Å². The summed E-state index contributed by atoms with van der Waals surface area (Å²) in [6.07, 6.45) is 2.41. The molecule has 0 atom stereocenters. The van der Waals surface area contributed by atoms with Crippen molar-refractivity contribution in [1.29, 1.82) is 0 Å². The van der Waals surface area contributed by atoms with E-state index in [-0.39, 0.29) is 12.2 Å². The van der Waals surface area contributed by atoms with E-state index in [1.807, 2.05) is 32.0 Å². The van der Waals surface area contributed by atoms with Crippen LogP contribution in [0.3, 0.4) is 0 Å². The van der Waals surface area contributed by atoms with E-state index in [0.717, 1.165) is 21.9 Å². The number of aliphatic hydroxyl groups excluding tert-OH is 1. The van der Waals surface area contributed by atoms with Gasteiger partial charge in [-0.3, -0.25) is 4.79 Å². The molecule has 0 bridgehead atoms. The summed E-state index contributed by atoms with van der Waals surface area (Å²) >= 11 is 0. The molecule has 0 saturated carbocycles. The summed E-state index contributed by atoms with van der Waals surface area (Å²) in [6.45, 7) is 4.67. The SMILES string of the molecule is Cc1ccc2ccn(CCCO)c(=O)c2c1C. The monoisotopic (exact) mass is 231 g/mol. The fourth-order valence-corrected chi connectivity index (χ4v) is 2.06. The first-order valence-electron chi connectivity index (χ1n) is 5.85. The molecule has 0 unspecified atom stereocenters. The third-order valence-corrected chi connectivity index (χ3v) is 3.23. The molecule has 1 aromatic heterocycles. The lowest BCUT2D eigenvalue weighted by molar-refractivity contribution is 0.279. The van der Waals surface area contributed by atoms with Gasteiger partial charge in [-0.2, -0.15) is 0 Å². The van der Waals surface area contributed by atoms with Crippen molar-refractivity contribution in [2.75, 3.05) is 6.61 Å². The molecular weight excluding hydrogens is 214 g/mol. The maximum absolute atomic E-state index is 12.3. The van der Waals surface area contributed by atoms with E-state index < -0.39 is 0 Å². The molecule has 2 aromatic rings. The highest BCUT2D eigenvalue weighted by Gasteiger charge is 2.06. The van der Waals surface area contributed by atoms with Crippen LogP contribution < -0.4 is 5.56 Å². The largest absolute Gasteiger partial charge is 0.396 e. The minimum Gasteiger partial charge on any atom is -0.396 e. The summed E-state index contributed by atoms with van der Waals surface area (Å²) < 4.78 is 1.67. The molecule has 0 aliphatic rings. The molecule has 0 amide bonds. The molecule has 1 aromatic carbocycles. The van der Waals surface area contributed by atoms with Crippen molar-refractivity contribution < 1.29 is 5.11 Å². The van der Waals surface area contributed by atoms with Gasteiger partial charge in [0.05, 0.1) is 5.39 Å². The van der Waals surface area contributed by atoms with E-state index in [9.17, 15) is 4.79 Å². The van der Waals surface area contributed by atoms with E-state index in [0.29, 0.717) is 13.0 Å². The van der Waals surface area contributed by atoms with Gasteiger partial charge >= 0.3 is 0 Å². The molecule has 1 heterocycles. The topological polar surface area (TPSA) is 42.2 Å². The lowest BCUT2D eigenvalue weighted by atomic mass is 10.0. The molecule has 0 aliphatic heterocycles. The van der Waals surface area contributed by atoms with Crippen molar-refractivity contribution in [3.8, 4) is 0 Å². The Morgan fingerprint density at radius 2 is 2.00 bits per heavy atom. The summed E-state index contributed by atoms with van der Waals surface area (Å²) in [7, 11) is 0.